The number of nitrogens with zero attached hydrogens (tertiary/aromatic N) is 1. The van der Waals surface area contributed by atoms with Gasteiger partial charge in [-0.1, -0.05) is 44.5 Å². The Morgan fingerprint density at radius 3 is 2.23 bits per heavy atom. The third kappa shape index (κ3) is 21.9. The van der Waals surface area contributed by atoms with Gasteiger partial charge in [-0.2, -0.15) is 24.7 Å². The molecule has 0 unspecified atom stereocenters. The molecule has 9 heteroatoms. The molecule has 0 aliphatic carbocycles. The maximum absolute atomic E-state index is 10.0. The van der Waals surface area contributed by atoms with Gasteiger partial charge >= 0.3 is 43.7 Å². The van der Waals surface area contributed by atoms with Crippen LogP contribution in [0.25, 0.3) is 0 Å². The van der Waals surface area contributed by atoms with E-state index in [4.69, 9.17) is 9.84 Å². The van der Waals surface area contributed by atoms with Crippen LogP contribution in [0.4, 0.5) is 5.82 Å². The number of unbranched alkanes of at least 4 members (excludes halogenated alkanes) is 1. The molecule has 1 aromatic carbocycles. The number of benzene rings is 1. The van der Waals surface area contributed by atoms with Crippen LogP contribution < -0.4 is 53.1 Å². The number of para-hydroxylation sites is 1. The van der Waals surface area contributed by atoms with Gasteiger partial charge in [0, 0.05) is 12.2 Å². The van der Waals surface area contributed by atoms with Gasteiger partial charge in [0.2, 0.25) is 0 Å². The molecule has 3 rings (SSSR count). The quantitative estimate of drug-likeness (QED) is 0.222. The summed E-state index contributed by atoms with van der Waals surface area (Å²) < 4.78 is 5.09. The first-order valence-corrected chi connectivity index (χ1v) is 12.9. The first-order chi connectivity index (χ1) is 18.1. The van der Waals surface area contributed by atoms with E-state index in [1.165, 1.54) is 30.5 Å². The minimum atomic E-state index is -1.09. The third-order valence-electron chi connectivity index (χ3n) is 5.14. The summed E-state index contributed by atoms with van der Waals surface area (Å²) in [5, 5.41) is 13.5. The number of rotatable bonds is 10. The Morgan fingerprint density at radius 2 is 1.77 bits per heavy atom. The minimum Gasteiger partial charge on any atom is -0.525 e. The maximum atomic E-state index is 10.0. The molecule has 2 aromatic rings. The molecule has 0 radical (unpaired) electrons. The summed E-state index contributed by atoms with van der Waals surface area (Å²) in [7, 11) is 0. The molecule has 1 aromatic heterocycles. The number of carbonyl (C=O) groups excluding carboxylic acids is 1. The predicted molar refractivity (Wildman–Crippen MR) is 156 cm³/mol. The SMILES string of the molecule is [CH2-]CC([CH2-])(C)C.[CH2-]CCCc1ccc2c(n1)NCCC2.[CH2-]COc1ccccc1.[CH2-]C[C@H](N[C-]=O)C(=O)O.[Li+].[Li+]. The number of nitrogens with one attached hydrogen (secondary N) is 2. The number of pyridine rings is 1. The molecule has 1 aliphatic rings. The van der Waals surface area contributed by atoms with Gasteiger partial charge in [0.1, 0.15) is 11.6 Å². The first kappa shape index (κ1) is 42.6. The average molecular weight is 538 g/mol. The summed E-state index contributed by atoms with van der Waals surface area (Å²) in [5.74, 6) is 0.902. The van der Waals surface area contributed by atoms with Crippen molar-refractivity contribution in [3.63, 3.8) is 0 Å². The van der Waals surface area contributed by atoms with Gasteiger partial charge in [-0.15, -0.1) is 0 Å². The largest absolute Gasteiger partial charge is 1.00 e. The molecular weight excluding hydrogens is 492 g/mol. The second-order valence-corrected chi connectivity index (χ2v) is 9.30. The predicted octanol–water partition coefficient (Wildman–Crippen LogP) is -0.105. The topological polar surface area (TPSA) is 101 Å². The zero-order valence-electron chi connectivity index (χ0n) is 25.1. The Labute approximate surface area is 267 Å². The Bertz CT molecular complexity index is 894. The molecule has 1 atom stereocenters. The number of aromatic nitrogens is 1. The van der Waals surface area contributed by atoms with Crippen molar-refractivity contribution in [3.8, 4) is 5.75 Å². The van der Waals surface area contributed by atoms with Gasteiger partial charge in [-0.05, 0) is 49.6 Å². The zero-order valence-corrected chi connectivity index (χ0v) is 25.1. The van der Waals surface area contributed by atoms with Gasteiger partial charge in [-0.25, -0.2) is 11.4 Å². The van der Waals surface area contributed by atoms with E-state index in [1.54, 1.807) is 0 Å². The Balaban J connectivity index is -0.000000471. The summed E-state index contributed by atoms with van der Waals surface area (Å²) in [6.45, 7) is 23.9. The van der Waals surface area contributed by atoms with Crippen LogP contribution in [-0.4, -0.2) is 41.7 Å². The van der Waals surface area contributed by atoms with Crippen LogP contribution in [0.2, 0.25) is 0 Å². The molecule has 0 saturated heterocycles. The fourth-order valence-corrected chi connectivity index (χ4v) is 2.78. The molecular formula is C31H45Li2N3O4-4. The van der Waals surface area contributed by atoms with E-state index in [2.05, 4.69) is 70.9 Å². The molecule has 40 heavy (non-hydrogen) atoms. The molecule has 0 spiro atoms. The fourth-order valence-electron chi connectivity index (χ4n) is 2.78. The molecule has 7 nitrogen and oxygen atoms in total. The van der Waals surface area contributed by atoms with E-state index >= 15 is 0 Å². The second-order valence-electron chi connectivity index (χ2n) is 9.30. The van der Waals surface area contributed by atoms with E-state index in [1.807, 2.05) is 35.6 Å². The standard InChI is InChI=1S/C12H17N2.C8H9O.C6H12.C5H7NO3.2Li/c1-2-3-6-11-8-7-10-5-4-9-13-12(10)14-11;1-2-9-8-6-4-3-5-7-8;1-5-6(2,3)4;1-2-4(5(8)9)6-3-7;;/h7-8H,1-6,9H2,(H,13,14);3-7H,1-2H2;1-2,5H2,3-4H3;4H,1-2H2,(H,6,7)(H,8,9);;/q2*-1;2*-2;2*+1/t;;;4-;;/m...0../s1. The van der Waals surface area contributed by atoms with Gasteiger partial charge in [0.15, 0.2) is 0 Å². The van der Waals surface area contributed by atoms with Gasteiger partial charge < -0.3 is 59.9 Å². The van der Waals surface area contributed by atoms with Crippen molar-refractivity contribution in [2.24, 2.45) is 5.41 Å². The summed E-state index contributed by atoms with van der Waals surface area (Å²) in [5.41, 5.74) is 2.75. The monoisotopic (exact) mass is 537 g/mol. The first-order valence-electron chi connectivity index (χ1n) is 12.9. The number of carboxylic acids is 1. The number of fused-ring (bicyclic) bond motifs is 1. The van der Waals surface area contributed by atoms with Crippen molar-refractivity contribution in [1.82, 2.24) is 10.3 Å². The van der Waals surface area contributed by atoms with Crippen LogP contribution in [0.15, 0.2) is 42.5 Å². The number of carboxylic acid groups (broad SMARTS) is 1. The van der Waals surface area contributed by atoms with E-state index < -0.39 is 12.0 Å². The van der Waals surface area contributed by atoms with Crippen molar-refractivity contribution in [2.45, 2.75) is 64.8 Å². The van der Waals surface area contributed by atoms with Crippen molar-refractivity contribution >= 4 is 18.2 Å². The number of amides is 1. The Hall–Kier alpha value is -1.90. The number of hydrogen-bond donors (Lipinski definition) is 3. The van der Waals surface area contributed by atoms with Crippen LogP contribution in [0.5, 0.6) is 5.75 Å². The molecule has 2 heterocycles. The van der Waals surface area contributed by atoms with E-state index in [0.29, 0.717) is 6.61 Å². The Kier molecular flexibility index (Phi) is 27.7. The molecule has 0 fully saturated rings. The van der Waals surface area contributed by atoms with Gasteiger partial charge in [0.05, 0.1) is 6.04 Å². The average Bonchev–Trinajstić information content (AvgIpc) is 2.91. The Morgan fingerprint density at radius 1 is 1.15 bits per heavy atom. The van der Waals surface area contributed by atoms with Crippen molar-refractivity contribution in [1.29, 1.82) is 0 Å². The smallest absolute Gasteiger partial charge is 0.525 e. The fraction of sp³-hybridized carbons (Fsp3) is 0.419. The second kappa shape index (κ2) is 26.0. The summed E-state index contributed by atoms with van der Waals surface area (Å²) in [6, 6.07) is 13.1. The minimum absolute atomic E-state index is 0. The number of aryl methyl sites for hydroxylation is 2. The van der Waals surface area contributed by atoms with Crippen LogP contribution in [0, 0.1) is 40.0 Å². The van der Waals surface area contributed by atoms with Crippen LogP contribution >= 0.6 is 0 Å². The summed E-state index contributed by atoms with van der Waals surface area (Å²) in [6.07, 6.45) is 7.90. The van der Waals surface area contributed by atoms with E-state index in [9.17, 15) is 9.59 Å². The maximum Gasteiger partial charge on any atom is 1.00 e. The van der Waals surface area contributed by atoms with Crippen LogP contribution in [0.1, 0.15) is 57.2 Å². The number of ether oxygens (including phenoxy) is 1. The summed E-state index contributed by atoms with van der Waals surface area (Å²) >= 11 is 0. The number of carbonyl (C=O) groups is 1. The van der Waals surface area contributed by atoms with Crippen LogP contribution in [0.3, 0.4) is 0 Å². The molecule has 1 aliphatic heterocycles. The summed E-state index contributed by atoms with van der Waals surface area (Å²) in [4.78, 5) is 24.2. The number of hydrogen-bond acceptors (Lipinski definition) is 5. The van der Waals surface area contributed by atoms with Gasteiger partial charge in [-0.3, -0.25) is 4.79 Å². The zero-order chi connectivity index (χ0) is 28.8. The molecule has 3 N–H and O–H groups in total. The number of aliphatic carboxylic acids is 1. The van der Waals surface area contributed by atoms with Crippen molar-refractivity contribution in [2.75, 3.05) is 18.5 Å². The molecule has 1 amide bonds. The third-order valence-corrected chi connectivity index (χ3v) is 5.14. The van der Waals surface area contributed by atoms with Crippen molar-refractivity contribution in [3.05, 3.63) is 88.3 Å². The van der Waals surface area contributed by atoms with Gasteiger partial charge in [0.25, 0.3) is 0 Å². The van der Waals surface area contributed by atoms with E-state index in [0.717, 1.165) is 43.8 Å². The molecule has 0 saturated carbocycles. The van der Waals surface area contributed by atoms with E-state index in [-0.39, 0.29) is 49.6 Å². The molecule has 214 valence electrons. The van der Waals surface area contributed by atoms with Crippen molar-refractivity contribution < 1.29 is 57.2 Å². The molecule has 0 bridgehead atoms. The number of anilines is 1. The normalized spacial score (nSPS) is 11.7. The van der Waals surface area contributed by atoms with Crippen LogP contribution in [-0.2, 0) is 22.4 Å².